The fourth-order valence-corrected chi connectivity index (χ4v) is 2.91. The third-order valence-corrected chi connectivity index (χ3v) is 4.28. The molecule has 116 valence electrons. The van der Waals surface area contributed by atoms with Gasteiger partial charge in [-0.3, -0.25) is 0 Å². The van der Waals surface area contributed by atoms with Crippen LogP contribution in [0.1, 0.15) is 31.9 Å². The molecule has 0 saturated heterocycles. The van der Waals surface area contributed by atoms with E-state index < -0.39 is 5.41 Å². The third-order valence-electron chi connectivity index (χ3n) is 3.67. The van der Waals surface area contributed by atoms with Gasteiger partial charge in [-0.25, -0.2) is 0 Å². The molecule has 2 rings (SSSR count). The fraction of sp³-hybridized carbons (Fsp3) is 0.222. The first-order chi connectivity index (χ1) is 10.2. The summed E-state index contributed by atoms with van der Waals surface area (Å²) in [6.07, 6.45) is 1.98. The largest absolute Gasteiger partial charge is 0.506 e. The van der Waals surface area contributed by atoms with Crippen molar-refractivity contribution in [2.75, 3.05) is 0 Å². The smallest absolute Gasteiger partial charge is 0.141 e. The van der Waals surface area contributed by atoms with Gasteiger partial charge in [0.15, 0.2) is 0 Å². The lowest BCUT2D eigenvalue weighted by molar-refractivity contribution is 0.456. The van der Waals surface area contributed by atoms with E-state index in [-0.39, 0.29) is 11.5 Å². The van der Waals surface area contributed by atoms with Crippen LogP contribution in [0, 0.1) is 0 Å². The summed E-state index contributed by atoms with van der Waals surface area (Å²) in [7, 11) is 0. The van der Waals surface area contributed by atoms with Crippen molar-refractivity contribution in [1.82, 2.24) is 0 Å². The zero-order valence-electron chi connectivity index (χ0n) is 12.7. The molecular formula is C18H18Cl2O2. The molecule has 0 aliphatic rings. The Balaban J connectivity index is 2.50. The lowest BCUT2D eigenvalue weighted by Crippen LogP contribution is -2.14. The number of aromatic hydroxyl groups is 2. The van der Waals surface area contributed by atoms with Crippen molar-refractivity contribution in [2.24, 2.45) is 0 Å². The second kappa shape index (κ2) is 6.23. The highest BCUT2D eigenvalue weighted by atomic mass is 35.5. The Hall–Kier alpha value is -1.64. The predicted molar refractivity (Wildman–Crippen MR) is 92.9 cm³/mol. The van der Waals surface area contributed by atoms with Crippen molar-refractivity contribution in [3.05, 3.63) is 63.6 Å². The minimum Gasteiger partial charge on any atom is -0.506 e. The van der Waals surface area contributed by atoms with Gasteiger partial charge in [-0.15, -0.1) is 0 Å². The Morgan fingerprint density at radius 3 is 2.14 bits per heavy atom. The first-order valence-electron chi connectivity index (χ1n) is 6.89. The Morgan fingerprint density at radius 1 is 0.955 bits per heavy atom. The van der Waals surface area contributed by atoms with Crippen molar-refractivity contribution in [1.29, 1.82) is 0 Å². The molecule has 0 bridgehead atoms. The SMILES string of the molecule is CC(=CC(C)(C)c1cccc(Cl)c1O)c1cccc(Cl)c1O. The van der Waals surface area contributed by atoms with E-state index in [1.54, 1.807) is 30.3 Å². The predicted octanol–water partition coefficient (Wildman–Crippen LogP) is 5.79. The van der Waals surface area contributed by atoms with Crippen molar-refractivity contribution >= 4 is 28.8 Å². The molecule has 4 heteroatoms. The molecule has 0 aliphatic heterocycles. The summed E-state index contributed by atoms with van der Waals surface area (Å²) >= 11 is 11.9. The van der Waals surface area contributed by atoms with E-state index in [4.69, 9.17) is 23.2 Å². The maximum Gasteiger partial charge on any atom is 0.141 e. The highest BCUT2D eigenvalue weighted by Crippen LogP contribution is 2.39. The second-order valence-electron chi connectivity index (χ2n) is 5.82. The van der Waals surface area contributed by atoms with Gasteiger partial charge in [0, 0.05) is 16.5 Å². The molecule has 0 saturated carbocycles. The number of hydrogen-bond donors (Lipinski definition) is 2. The molecule has 0 atom stereocenters. The van der Waals surface area contributed by atoms with Crippen molar-refractivity contribution in [3.8, 4) is 11.5 Å². The minimum atomic E-state index is -0.464. The van der Waals surface area contributed by atoms with Gasteiger partial charge < -0.3 is 10.2 Å². The van der Waals surface area contributed by atoms with E-state index in [9.17, 15) is 10.2 Å². The summed E-state index contributed by atoms with van der Waals surface area (Å²) in [6, 6.07) is 10.5. The van der Waals surface area contributed by atoms with Crippen LogP contribution in [0.15, 0.2) is 42.5 Å². The van der Waals surface area contributed by atoms with Crippen LogP contribution in [0.5, 0.6) is 11.5 Å². The first kappa shape index (κ1) is 16.7. The van der Waals surface area contributed by atoms with Crippen LogP contribution >= 0.6 is 23.2 Å². The van der Waals surface area contributed by atoms with Gasteiger partial charge in [0.1, 0.15) is 11.5 Å². The van der Waals surface area contributed by atoms with Gasteiger partial charge in [-0.2, -0.15) is 0 Å². The highest BCUT2D eigenvalue weighted by molar-refractivity contribution is 6.32. The van der Waals surface area contributed by atoms with Gasteiger partial charge >= 0.3 is 0 Å². The standard InChI is InChI=1S/C18H18Cl2O2/c1-11(12-6-4-8-14(19)16(12)21)10-18(2,3)13-7-5-9-15(20)17(13)22/h4-10,21-22H,1-3H3. The zero-order valence-corrected chi connectivity index (χ0v) is 14.2. The highest BCUT2D eigenvalue weighted by Gasteiger charge is 2.23. The molecule has 2 aromatic rings. The van der Waals surface area contributed by atoms with E-state index in [0.717, 1.165) is 11.1 Å². The molecule has 2 N–H and O–H groups in total. The first-order valence-corrected chi connectivity index (χ1v) is 7.65. The molecule has 0 fully saturated rings. The molecule has 0 aliphatic carbocycles. The molecule has 0 heterocycles. The van der Waals surface area contributed by atoms with E-state index >= 15 is 0 Å². The summed E-state index contributed by atoms with van der Waals surface area (Å²) in [6.45, 7) is 5.85. The molecular weight excluding hydrogens is 319 g/mol. The Morgan fingerprint density at radius 2 is 1.50 bits per heavy atom. The van der Waals surface area contributed by atoms with E-state index in [2.05, 4.69) is 0 Å². The van der Waals surface area contributed by atoms with Crippen molar-refractivity contribution < 1.29 is 10.2 Å². The average Bonchev–Trinajstić information content (AvgIpc) is 2.44. The number of phenolic OH excluding ortho intramolecular Hbond substituents is 2. The summed E-state index contributed by atoms with van der Waals surface area (Å²) < 4.78 is 0. The van der Waals surface area contributed by atoms with Crippen LogP contribution in [0.25, 0.3) is 5.57 Å². The number of benzene rings is 2. The second-order valence-corrected chi connectivity index (χ2v) is 6.64. The number of hydrogen-bond acceptors (Lipinski definition) is 2. The third kappa shape index (κ3) is 3.23. The van der Waals surface area contributed by atoms with Gasteiger partial charge in [0.05, 0.1) is 10.0 Å². The molecule has 0 unspecified atom stereocenters. The summed E-state index contributed by atoms with van der Waals surface area (Å²) in [4.78, 5) is 0. The fourth-order valence-electron chi connectivity index (χ4n) is 2.57. The van der Waals surface area contributed by atoms with Crippen LogP contribution in [0.4, 0.5) is 0 Å². The number of para-hydroxylation sites is 2. The molecule has 0 radical (unpaired) electrons. The lowest BCUT2D eigenvalue weighted by atomic mass is 9.81. The van der Waals surface area contributed by atoms with Crippen molar-refractivity contribution in [3.63, 3.8) is 0 Å². The van der Waals surface area contributed by atoms with Crippen LogP contribution in [-0.2, 0) is 5.41 Å². The van der Waals surface area contributed by atoms with Crippen LogP contribution in [0.3, 0.4) is 0 Å². The molecule has 2 nitrogen and oxygen atoms in total. The normalized spacial score (nSPS) is 12.5. The summed E-state index contributed by atoms with van der Waals surface area (Å²) in [5, 5.41) is 20.9. The Labute approximate surface area is 140 Å². The van der Waals surface area contributed by atoms with E-state index in [1.165, 1.54) is 0 Å². The summed E-state index contributed by atoms with van der Waals surface area (Å²) in [5.74, 6) is 0.137. The monoisotopic (exact) mass is 336 g/mol. The lowest BCUT2D eigenvalue weighted by Gasteiger charge is -2.24. The van der Waals surface area contributed by atoms with Gasteiger partial charge in [-0.1, -0.05) is 67.4 Å². The topological polar surface area (TPSA) is 40.5 Å². The molecule has 0 amide bonds. The number of halogens is 2. The molecule has 2 aromatic carbocycles. The van der Waals surface area contributed by atoms with E-state index in [1.807, 2.05) is 32.9 Å². The van der Waals surface area contributed by atoms with Gasteiger partial charge in [-0.05, 0) is 24.6 Å². The van der Waals surface area contributed by atoms with Gasteiger partial charge in [0.2, 0.25) is 0 Å². The maximum atomic E-state index is 10.2. The maximum absolute atomic E-state index is 10.2. The van der Waals surface area contributed by atoms with Crippen LogP contribution in [-0.4, -0.2) is 10.2 Å². The van der Waals surface area contributed by atoms with E-state index in [0.29, 0.717) is 15.6 Å². The van der Waals surface area contributed by atoms with Crippen LogP contribution < -0.4 is 0 Å². The molecule has 0 spiro atoms. The van der Waals surface area contributed by atoms with Gasteiger partial charge in [0.25, 0.3) is 0 Å². The van der Waals surface area contributed by atoms with Crippen LogP contribution in [0.2, 0.25) is 10.0 Å². The minimum absolute atomic E-state index is 0.0593. The Kier molecular flexibility index (Phi) is 4.74. The number of allylic oxidation sites excluding steroid dienone is 2. The molecule has 22 heavy (non-hydrogen) atoms. The number of rotatable bonds is 3. The average molecular weight is 337 g/mol. The quantitative estimate of drug-likeness (QED) is 0.745. The summed E-state index contributed by atoms with van der Waals surface area (Å²) in [5.41, 5.74) is 1.79. The Bertz CT molecular complexity index is 734. The number of phenols is 2. The molecule has 0 aromatic heterocycles. The van der Waals surface area contributed by atoms with Crippen molar-refractivity contribution in [2.45, 2.75) is 26.2 Å². The zero-order chi connectivity index (χ0) is 16.5.